The van der Waals surface area contributed by atoms with E-state index in [4.69, 9.17) is 0 Å². The molecule has 1 aromatic heterocycles. The van der Waals surface area contributed by atoms with Crippen LogP contribution in [0, 0.1) is 5.92 Å². The summed E-state index contributed by atoms with van der Waals surface area (Å²) in [6.07, 6.45) is 2.37. The maximum Gasteiger partial charge on any atom is 0.273 e. The van der Waals surface area contributed by atoms with E-state index in [1.165, 1.54) is 17.8 Å². The largest absolute Gasteiger partial charge is 0.333 e. The van der Waals surface area contributed by atoms with Gasteiger partial charge in [0.25, 0.3) is 5.91 Å². The van der Waals surface area contributed by atoms with Gasteiger partial charge in [-0.05, 0) is 18.8 Å². The zero-order chi connectivity index (χ0) is 11.0. The van der Waals surface area contributed by atoms with E-state index in [-0.39, 0.29) is 5.91 Å². The van der Waals surface area contributed by atoms with Gasteiger partial charge in [0.2, 0.25) is 0 Å². The smallest absolute Gasteiger partial charge is 0.273 e. The molecular formula is C11H15N3OS. The fourth-order valence-corrected chi connectivity index (χ4v) is 3.31. The zero-order valence-corrected chi connectivity index (χ0v) is 9.87. The summed E-state index contributed by atoms with van der Waals surface area (Å²) in [4.78, 5) is 18.4. The number of carbonyl (C=O) groups is 1. The quantitative estimate of drug-likeness (QED) is 0.791. The van der Waals surface area contributed by atoms with Crippen molar-refractivity contribution in [3.8, 4) is 0 Å². The summed E-state index contributed by atoms with van der Waals surface area (Å²) in [5, 5.41) is 5.22. The Morgan fingerprint density at radius 1 is 1.56 bits per heavy atom. The Balaban J connectivity index is 1.80. The van der Waals surface area contributed by atoms with Gasteiger partial charge in [-0.1, -0.05) is 0 Å². The van der Waals surface area contributed by atoms with Crippen LogP contribution in [0.2, 0.25) is 0 Å². The van der Waals surface area contributed by atoms with Crippen LogP contribution >= 0.6 is 11.3 Å². The summed E-state index contributed by atoms with van der Waals surface area (Å²) < 4.78 is 0. The molecule has 2 aliphatic heterocycles. The fraction of sp³-hybridized carbons (Fsp3) is 0.636. The van der Waals surface area contributed by atoms with Crippen LogP contribution < -0.4 is 5.32 Å². The number of fused-ring (bicyclic) bond motifs is 1. The fourth-order valence-electron chi connectivity index (χ4n) is 2.79. The van der Waals surface area contributed by atoms with Crippen LogP contribution in [0.1, 0.15) is 23.3 Å². The minimum atomic E-state index is 0.111. The van der Waals surface area contributed by atoms with Crippen molar-refractivity contribution in [2.75, 3.05) is 19.6 Å². The number of rotatable bonds is 1. The summed E-state index contributed by atoms with van der Waals surface area (Å²) in [5.74, 6) is 0.760. The molecule has 0 bridgehead atoms. The van der Waals surface area contributed by atoms with Crippen molar-refractivity contribution in [2.24, 2.45) is 5.92 Å². The number of hydrogen-bond acceptors (Lipinski definition) is 4. The van der Waals surface area contributed by atoms with E-state index in [0.29, 0.717) is 17.7 Å². The van der Waals surface area contributed by atoms with Crippen LogP contribution in [0.4, 0.5) is 0 Å². The molecule has 0 saturated carbocycles. The summed E-state index contributed by atoms with van der Waals surface area (Å²) in [5.41, 5.74) is 2.33. The van der Waals surface area contributed by atoms with Crippen molar-refractivity contribution in [2.45, 2.75) is 18.9 Å². The molecule has 16 heavy (non-hydrogen) atoms. The van der Waals surface area contributed by atoms with E-state index in [2.05, 4.69) is 10.3 Å². The van der Waals surface area contributed by atoms with Gasteiger partial charge in [-0.2, -0.15) is 0 Å². The first-order chi connectivity index (χ1) is 7.86. The van der Waals surface area contributed by atoms with E-state index in [0.717, 1.165) is 26.1 Å². The lowest BCUT2D eigenvalue weighted by Gasteiger charge is -2.36. The topological polar surface area (TPSA) is 45.2 Å². The molecule has 0 aliphatic carbocycles. The summed E-state index contributed by atoms with van der Waals surface area (Å²) in [7, 11) is 0. The van der Waals surface area contributed by atoms with Gasteiger partial charge < -0.3 is 10.2 Å². The number of amides is 1. The molecule has 86 valence electrons. The van der Waals surface area contributed by atoms with Gasteiger partial charge in [-0.25, -0.2) is 4.98 Å². The predicted octanol–water partition coefficient (Wildman–Crippen LogP) is 0.967. The number of aromatic nitrogens is 1. The van der Waals surface area contributed by atoms with Gasteiger partial charge in [0.15, 0.2) is 0 Å². The molecule has 4 nitrogen and oxygen atoms in total. The number of likely N-dealkylation sites (tertiary alicyclic amines) is 1. The predicted molar refractivity (Wildman–Crippen MR) is 62.5 cm³/mol. The van der Waals surface area contributed by atoms with Gasteiger partial charge in [-0.3, -0.25) is 4.79 Å². The van der Waals surface area contributed by atoms with Crippen molar-refractivity contribution >= 4 is 17.2 Å². The second-order valence-corrected chi connectivity index (χ2v) is 5.22. The molecule has 2 fully saturated rings. The lowest BCUT2D eigenvalue weighted by molar-refractivity contribution is 0.0569. The lowest BCUT2D eigenvalue weighted by Crippen LogP contribution is -2.48. The van der Waals surface area contributed by atoms with Crippen molar-refractivity contribution in [3.63, 3.8) is 0 Å². The van der Waals surface area contributed by atoms with Crippen molar-refractivity contribution in [3.05, 3.63) is 16.6 Å². The van der Waals surface area contributed by atoms with Gasteiger partial charge in [0.05, 0.1) is 5.51 Å². The highest BCUT2D eigenvalue weighted by Gasteiger charge is 2.37. The highest BCUT2D eigenvalue weighted by Crippen LogP contribution is 2.27. The zero-order valence-electron chi connectivity index (χ0n) is 9.06. The molecule has 1 N–H and O–H groups in total. The third kappa shape index (κ3) is 1.64. The molecule has 5 heteroatoms. The van der Waals surface area contributed by atoms with Crippen LogP contribution in [0.25, 0.3) is 0 Å². The molecule has 0 spiro atoms. The van der Waals surface area contributed by atoms with Crippen LogP contribution in [-0.4, -0.2) is 41.5 Å². The molecule has 3 rings (SSSR count). The molecule has 0 radical (unpaired) electrons. The molecule has 2 aliphatic rings. The number of piperidine rings is 1. The Morgan fingerprint density at radius 3 is 3.31 bits per heavy atom. The molecular weight excluding hydrogens is 222 g/mol. The monoisotopic (exact) mass is 237 g/mol. The summed E-state index contributed by atoms with van der Waals surface area (Å²) in [6, 6.07) is 0.392. The van der Waals surface area contributed by atoms with Gasteiger partial charge in [-0.15, -0.1) is 11.3 Å². The van der Waals surface area contributed by atoms with E-state index >= 15 is 0 Å². The SMILES string of the molecule is O=C(c1cscn1)N1CCCC2CNCC21. The highest BCUT2D eigenvalue weighted by atomic mass is 32.1. The normalized spacial score (nSPS) is 29.1. The summed E-state index contributed by atoms with van der Waals surface area (Å²) in [6.45, 7) is 2.89. The minimum absolute atomic E-state index is 0.111. The lowest BCUT2D eigenvalue weighted by atomic mass is 9.92. The minimum Gasteiger partial charge on any atom is -0.333 e. The third-order valence-corrected chi connectivity index (χ3v) is 4.18. The maximum atomic E-state index is 12.2. The standard InChI is InChI=1S/C11H15N3OS/c15-11(9-6-16-7-13-9)14-3-1-2-8-4-12-5-10(8)14/h6-8,10,12H,1-5H2. The Labute approximate surface area is 98.7 Å². The first-order valence-electron chi connectivity index (χ1n) is 5.76. The van der Waals surface area contributed by atoms with Gasteiger partial charge >= 0.3 is 0 Å². The van der Waals surface area contributed by atoms with Crippen molar-refractivity contribution < 1.29 is 4.79 Å². The molecule has 2 atom stereocenters. The Morgan fingerprint density at radius 2 is 2.50 bits per heavy atom. The average molecular weight is 237 g/mol. The number of hydrogen-bond donors (Lipinski definition) is 1. The second-order valence-electron chi connectivity index (χ2n) is 4.50. The first kappa shape index (κ1) is 10.2. The van der Waals surface area contributed by atoms with Gasteiger partial charge in [0.1, 0.15) is 5.69 Å². The summed E-state index contributed by atoms with van der Waals surface area (Å²) >= 11 is 1.48. The molecule has 0 aromatic carbocycles. The second kappa shape index (κ2) is 4.14. The number of thiazole rings is 1. The number of carbonyl (C=O) groups excluding carboxylic acids is 1. The van der Waals surface area contributed by atoms with Crippen LogP contribution in [0.5, 0.6) is 0 Å². The highest BCUT2D eigenvalue weighted by molar-refractivity contribution is 7.07. The van der Waals surface area contributed by atoms with Crippen LogP contribution in [-0.2, 0) is 0 Å². The van der Waals surface area contributed by atoms with Crippen LogP contribution in [0.15, 0.2) is 10.9 Å². The maximum absolute atomic E-state index is 12.2. The third-order valence-electron chi connectivity index (χ3n) is 3.59. The van der Waals surface area contributed by atoms with Crippen LogP contribution in [0.3, 0.4) is 0 Å². The van der Waals surface area contributed by atoms with E-state index in [1.54, 1.807) is 5.51 Å². The van der Waals surface area contributed by atoms with E-state index in [9.17, 15) is 4.79 Å². The number of nitrogens with one attached hydrogen (secondary N) is 1. The molecule has 1 amide bonds. The van der Waals surface area contributed by atoms with Gasteiger partial charge in [0, 0.05) is 31.1 Å². The average Bonchev–Trinajstić information content (AvgIpc) is 2.98. The Bertz CT molecular complexity index is 379. The molecule has 2 saturated heterocycles. The molecule has 2 unspecified atom stereocenters. The Hall–Kier alpha value is -0.940. The van der Waals surface area contributed by atoms with E-state index < -0.39 is 0 Å². The first-order valence-corrected chi connectivity index (χ1v) is 6.70. The van der Waals surface area contributed by atoms with Crippen molar-refractivity contribution in [1.29, 1.82) is 0 Å². The molecule has 1 aromatic rings. The van der Waals surface area contributed by atoms with Crippen molar-refractivity contribution in [1.82, 2.24) is 15.2 Å². The Kier molecular flexibility index (Phi) is 2.65. The van der Waals surface area contributed by atoms with E-state index in [1.807, 2.05) is 10.3 Å². The number of nitrogens with zero attached hydrogens (tertiary/aromatic N) is 2. The molecule has 3 heterocycles.